The van der Waals surface area contributed by atoms with Gasteiger partial charge >= 0.3 is 0 Å². The van der Waals surface area contributed by atoms with Crippen LogP contribution in [0.2, 0.25) is 0 Å². The van der Waals surface area contributed by atoms with Gasteiger partial charge in [-0.1, -0.05) is 18.2 Å². The molecule has 2 aliphatic heterocycles. The molecular formula is C13H17ClN2OS. The molecule has 0 spiro atoms. The molecule has 0 saturated carbocycles. The van der Waals surface area contributed by atoms with Crippen LogP contribution in [0.3, 0.4) is 0 Å². The van der Waals surface area contributed by atoms with Crippen LogP contribution in [0.5, 0.6) is 0 Å². The van der Waals surface area contributed by atoms with Crippen molar-refractivity contribution in [3.8, 4) is 0 Å². The highest BCUT2D eigenvalue weighted by atomic mass is 35.5. The van der Waals surface area contributed by atoms with Crippen LogP contribution in [0.15, 0.2) is 29.2 Å². The van der Waals surface area contributed by atoms with Gasteiger partial charge in [-0.25, -0.2) is 0 Å². The molecule has 18 heavy (non-hydrogen) atoms. The van der Waals surface area contributed by atoms with Crippen molar-refractivity contribution in [1.82, 2.24) is 10.2 Å². The third kappa shape index (κ3) is 2.25. The maximum Gasteiger partial charge on any atom is 0.231 e. The van der Waals surface area contributed by atoms with Crippen molar-refractivity contribution in [3.05, 3.63) is 29.8 Å². The van der Waals surface area contributed by atoms with E-state index in [4.69, 9.17) is 0 Å². The first kappa shape index (κ1) is 13.7. The first-order valence-corrected chi connectivity index (χ1v) is 6.95. The lowest BCUT2D eigenvalue weighted by Gasteiger charge is -2.37. The standard InChI is InChI=1S/C13H16N2OS.ClH/c1-15(9-6-14-7-9)13(16)11-8-17-12-5-3-2-4-10(11)12;/h2-5,9,11,14H,6-8H2,1H3;1H. The number of nitrogens with zero attached hydrogens (tertiary/aromatic N) is 1. The minimum absolute atomic E-state index is 0. The van der Waals surface area contributed by atoms with Crippen molar-refractivity contribution in [3.63, 3.8) is 0 Å². The summed E-state index contributed by atoms with van der Waals surface area (Å²) in [6.07, 6.45) is 0. The molecule has 1 atom stereocenters. The van der Waals surface area contributed by atoms with E-state index in [9.17, 15) is 4.79 Å². The number of nitrogens with one attached hydrogen (secondary N) is 1. The number of carbonyl (C=O) groups is 1. The number of benzene rings is 1. The number of amides is 1. The fraction of sp³-hybridized carbons (Fsp3) is 0.462. The molecule has 1 aromatic carbocycles. The maximum atomic E-state index is 12.4. The number of thioether (sulfide) groups is 1. The number of hydrogen-bond donors (Lipinski definition) is 1. The molecule has 0 aromatic heterocycles. The quantitative estimate of drug-likeness (QED) is 0.898. The van der Waals surface area contributed by atoms with Gasteiger partial charge in [-0.3, -0.25) is 4.79 Å². The summed E-state index contributed by atoms with van der Waals surface area (Å²) in [7, 11) is 1.93. The van der Waals surface area contributed by atoms with Crippen LogP contribution in [0, 0.1) is 0 Å². The molecule has 3 rings (SSSR count). The zero-order chi connectivity index (χ0) is 11.8. The minimum Gasteiger partial charge on any atom is -0.340 e. The monoisotopic (exact) mass is 284 g/mol. The number of halogens is 1. The molecule has 2 aliphatic rings. The fourth-order valence-electron chi connectivity index (χ4n) is 2.34. The molecule has 0 radical (unpaired) electrons. The summed E-state index contributed by atoms with van der Waals surface area (Å²) in [6, 6.07) is 8.65. The lowest BCUT2D eigenvalue weighted by atomic mass is 9.98. The Morgan fingerprint density at radius 2 is 2.11 bits per heavy atom. The van der Waals surface area contributed by atoms with Gasteiger partial charge in [0.2, 0.25) is 5.91 Å². The van der Waals surface area contributed by atoms with E-state index < -0.39 is 0 Å². The SMILES string of the molecule is CN(C(=O)C1CSc2ccccc21)C1CNC1.Cl. The summed E-state index contributed by atoms with van der Waals surface area (Å²) in [5.41, 5.74) is 1.21. The number of fused-ring (bicyclic) bond motifs is 1. The van der Waals surface area contributed by atoms with Gasteiger partial charge in [0.15, 0.2) is 0 Å². The van der Waals surface area contributed by atoms with Crippen molar-refractivity contribution < 1.29 is 4.79 Å². The first-order valence-electron chi connectivity index (χ1n) is 5.96. The summed E-state index contributed by atoms with van der Waals surface area (Å²) in [6.45, 7) is 1.87. The molecule has 2 heterocycles. The van der Waals surface area contributed by atoms with E-state index in [-0.39, 0.29) is 24.2 Å². The largest absolute Gasteiger partial charge is 0.340 e. The predicted molar refractivity (Wildman–Crippen MR) is 76.6 cm³/mol. The normalized spacial score (nSPS) is 21.7. The van der Waals surface area contributed by atoms with Gasteiger partial charge in [0.25, 0.3) is 0 Å². The van der Waals surface area contributed by atoms with E-state index in [1.807, 2.05) is 24.1 Å². The zero-order valence-corrected chi connectivity index (χ0v) is 11.9. The smallest absolute Gasteiger partial charge is 0.231 e. The third-order valence-electron chi connectivity index (χ3n) is 3.65. The maximum absolute atomic E-state index is 12.4. The average molecular weight is 285 g/mol. The van der Waals surface area contributed by atoms with E-state index in [0.29, 0.717) is 6.04 Å². The van der Waals surface area contributed by atoms with Crippen LogP contribution in [-0.4, -0.2) is 42.7 Å². The fourth-order valence-corrected chi connectivity index (χ4v) is 3.56. The van der Waals surface area contributed by atoms with Crippen LogP contribution in [0.4, 0.5) is 0 Å². The van der Waals surface area contributed by atoms with Crippen LogP contribution in [-0.2, 0) is 4.79 Å². The molecule has 5 heteroatoms. The topological polar surface area (TPSA) is 32.3 Å². The highest BCUT2D eigenvalue weighted by Crippen LogP contribution is 2.40. The van der Waals surface area contributed by atoms with Gasteiger partial charge in [0.05, 0.1) is 12.0 Å². The van der Waals surface area contributed by atoms with Crippen LogP contribution < -0.4 is 5.32 Å². The highest BCUT2D eigenvalue weighted by molar-refractivity contribution is 7.99. The Bertz CT molecular complexity index is 450. The summed E-state index contributed by atoms with van der Waals surface area (Å²) in [5, 5.41) is 3.21. The van der Waals surface area contributed by atoms with E-state index in [0.717, 1.165) is 18.8 Å². The third-order valence-corrected chi connectivity index (χ3v) is 4.84. The second-order valence-corrected chi connectivity index (χ2v) is 5.72. The Hall–Kier alpha value is -0.710. The molecule has 98 valence electrons. The van der Waals surface area contributed by atoms with E-state index in [1.165, 1.54) is 10.5 Å². The van der Waals surface area contributed by atoms with Gasteiger partial charge in [-0.2, -0.15) is 0 Å². The second-order valence-electron chi connectivity index (χ2n) is 4.66. The molecule has 1 N–H and O–H groups in total. The molecule has 1 fully saturated rings. The Morgan fingerprint density at radius 1 is 1.39 bits per heavy atom. The van der Waals surface area contributed by atoms with Gasteiger partial charge in [-0.05, 0) is 11.6 Å². The van der Waals surface area contributed by atoms with Gasteiger partial charge < -0.3 is 10.2 Å². The van der Waals surface area contributed by atoms with Crippen molar-refractivity contribution >= 4 is 30.1 Å². The zero-order valence-electron chi connectivity index (χ0n) is 10.3. The number of likely N-dealkylation sites (N-methyl/N-ethyl adjacent to an activating group) is 1. The molecule has 1 unspecified atom stereocenters. The lowest BCUT2D eigenvalue weighted by Crippen LogP contribution is -2.58. The first-order chi connectivity index (χ1) is 8.27. The van der Waals surface area contributed by atoms with Crippen molar-refractivity contribution in [2.45, 2.75) is 16.9 Å². The van der Waals surface area contributed by atoms with Crippen LogP contribution >= 0.6 is 24.2 Å². The Morgan fingerprint density at radius 3 is 2.78 bits per heavy atom. The summed E-state index contributed by atoms with van der Waals surface area (Å²) < 4.78 is 0. The minimum atomic E-state index is 0. The van der Waals surface area contributed by atoms with Crippen molar-refractivity contribution in [2.24, 2.45) is 0 Å². The highest BCUT2D eigenvalue weighted by Gasteiger charge is 2.34. The average Bonchev–Trinajstić information content (AvgIpc) is 2.69. The van der Waals surface area contributed by atoms with E-state index in [1.54, 1.807) is 11.8 Å². The summed E-state index contributed by atoms with van der Waals surface area (Å²) in [4.78, 5) is 15.6. The number of rotatable bonds is 2. The number of carbonyl (C=O) groups excluding carboxylic acids is 1. The predicted octanol–water partition coefficient (Wildman–Crippen LogP) is 1.73. The van der Waals surface area contributed by atoms with Crippen molar-refractivity contribution in [1.29, 1.82) is 0 Å². The van der Waals surface area contributed by atoms with Crippen molar-refractivity contribution in [2.75, 3.05) is 25.9 Å². The molecule has 0 aliphatic carbocycles. The van der Waals surface area contributed by atoms with Gasteiger partial charge in [0, 0.05) is 30.8 Å². The second kappa shape index (κ2) is 5.51. The molecule has 1 aromatic rings. The van der Waals surface area contributed by atoms with Crippen LogP contribution in [0.25, 0.3) is 0 Å². The van der Waals surface area contributed by atoms with E-state index in [2.05, 4.69) is 17.4 Å². The van der Waals surface area contributed by atoms with Gasteiger partial charge in [0.1, 0.15) is 0 Å². The van der Waals surface area contributed by atoms with Crippen LogP contribution in [0.1, 0.15) is 11.5 Å². The Balaban J connectivity index is 0.00000120. The summed E-state index contributed by atoms with van der Waals surface area (Å²) >= 11 is 1.80. The molecule has 3 nitrogen and oxygen atoms in total. The lowest BCUT2D eigenvalue weighted by molar-refractivity contribution is -0.133. The molecular weight excluding hydrogens is 268 g/mol. The van der Waals surface area contributed by atoms with E-state index >= 15 is 0 Å². The Kier molecular flexibility index (Phi) is 4.20. The number of hydrogen-bond acceptors (Lipinski definition) is 3. The summed E-state index contributed by atoms with van der Waals surface area (Å²) in [5.74, 6) is 1.22. The molecule has 1 saturated heterocycles. The molecule has 0 bridgehead atoms. The molecule has 1 amide bonds. The van der Waals surface area contributed by atoms with Gasteiger partial charge in [-0.15, -0.1) is 24.2 Å². The Labute approximate surface area is 118 Å².